The Bertz CT molecular complexity index is 368. The molecule has 6 nitrogen and oxygen atoms in total. The van der Waals surface area contributed by atoms with E-state index in [4.69, 9.17) is 0 Å². The maximum atomic E-state index is 10.9. The molecule has 0 aliphatic carbocycles. The Kier molecular flexibility index (Phi) is 4.63. The molecule has 1 heterocycles. The molecule has 0 aliphatic heterocycles. The highest BCUT2D eigenvalue weighted by atomic mass is 16.5. The van der Waals surface area contributed by atoms with Crippen LogP contribution in [0.1, 0.15) is 25.2 Å². The largest absolute Gasteiger partial charge is 0.468 e. The topological polar surface area (TPSA) is 77.0 Å². The first-order valence-electron chi connectivity index (χ1n) is 5.24. The van der Waals surface area contributed by atoms with E-state index in [1.54, 1.807) is 0 Å². The molecule has 0 unspecified atom stereocenters. The molecule has 1 rings (SSSR count). The van der Waals surface area contributed by atoms with Crippen molar-refractivity contribution in [3.8, 4) is 0 Å². The quantitative estimate of drug-likeness (QED) is 0.737. The fourth-order valence-electron chi connectivity index (χ4n) is 1.24. The fourth-order valence-corrected chi connectivity index (χ4v) is 1.24. The third-order valence-electron chi connectivity index (χ3n) is 2.13. The summed E-state index contributed by atoms with van der Waals surface area (Å²) in [5, 5.41) is 10.7. The third kappa shape index (κ3) is 3.15. The molecule has 1 aromatic rings. The first-order valence-corrected chi connectivity index (χ1v) is 5.24. The maximum absolute atomic E-state index is 10.9. The standard InChI is InChI=1S/C10H16N4O2/c1-4-7-8(5-2)13-14-10(12-7)11-6-9(15)16-3/h4-6H2,1-3H3,(H,11,12,14). The van der Waals surface area contributed by atoms with Gasteiger partial charge in [-0.15, -0.1) is 5.10 Å². The molecule has 0 bridgehead atoms. The van der Waals surface area contributed by atoms with Crippen molar-refractivity contribution < 1.29 is 9.53 Å². The first kappa shape index (κ1) is 12.4. The second kappa shape index (κ2) is 5.99. The number of carbonyl (C=O) groups excluding carboxylic acids is 1. The number of rotatable bonds is 5. The van der Waals surface area contributed by atoms with Gasteiger partial charge in [0.15, 0.2) is 0 Å². The van der Waals surface area contributed by atoms with Crippen LogP contribution >= 0.6 is 0 Å². The van der Waals surface area contributed by atoms with Gasteiger partial charge in [-0.05, 0) is 12.8 Å². The highest BCUT2D eigenvalue weighted by Gasteiger charge is 2.07. The van der Waals surface area contributed by atoms with E-state index < -0.39 is 0 Å². The Labute approximate surface area is 94.4 Å². The summed E-state index contributed by atoms with van der Waals surface area (Å²) in [6.07, 6.45) is 1.60. The van der Waals surface area contributed by atoms with Crippen LogP contribution in [0.2, 0.25) is 0 Å². The van der Waals surface area contributed by atoms with Crippen LogP contribution < -0.4 is 5.32 Å². The lowest BCUT2D eigenvalue weighted by molar-refractivity contribution is -0.138. The summed E-state index contributed by atoms with van der Waals surface area (Å²) in [5.41, 5.74) is 1.80. The number of methoxy groups -OCH3 is 1. The van der Waals surface area contributed by atoms with Crippen molar-refractivity contribution in [1.29, 1.82) is 0 Å². The number of anilines is 1. The van der Waals surface area contributed by atoms with E-state index in [0.717, 1.165) is 24.2 Å². The number of nitrogens with one attached hydrogen (secondary N) is 1. The van der Waals surface area contributed by atoms with Crippen LogP contribution in [0.3, 0.4) is 0 Å². The second-order valence-corrected chi connectivity index (χ2v) is 3.17. The average molecular weight is 224 g/mol. The Morgan fingerprint density at radius 1 is 1.25 bits per heavy atom. The number of ether oxygens (including phenoxy) is 1. The molecule has 0 saturated carbocycles. The number of nitrogens with zero attached hydrogens (tertiary/aromatic N) is 3. The van der Waals surface area contributed by atoms with Crippen molar-refractivity contribution in [2.75, 3.05) is 19.0 Å². The number of hydrogen-bond donors (Lipinski definition) is 1. The van der Waals surface area contributed by atoms with E-state index in [-0.39, 0.29) is 12.5 Å². The molecule has 0 saturated heterocycles. The Balaban J connectivity index is 2.71. The monoisotopic (exact) mass is 224 g/mol. The molecule has 88 valence electrons. The minimum atomic E-state index is -0.360. The first-order chi connectivity index (χ1) is 7.71. The van der Waals surface area contributed by atoms with Crippen molar-refractivity contribution in [2.45, 2.75) is 26.7 Å². The number of aromatic nitrogens is 3. The van der Waals surface area contributed by atoms with Crippen LogP contribution in [0.4, 0.5) is 5.95 Å². The Hall–Kier alpha value is -1.72. The normalized spacial score (nSPS) is 9.94. The van der Waals surface area contributed by atoms with Crippen molar-refractivity contribution in [3.63, 3.8) is 0 Å². The predicted octanol–water partition coefficient (Wildman–Crippen LogP) is 0.581. The van der Waals surface area contributed by atoms with Crippen LogP contribution in [0, 0.1) is 0 Å². The highest BCUT2D eigenvalue weighted by Crippen LogP contribution is 2.06. The van der Waals surface area contributed by atoms with Gasteiger partial charge in [0, 0.05) is 0 Å². The molecule has 1 N–H and O–H groups in total. The van der Waals surface area contributed by atoms with Crippen LogP contribution in [-0.2, 0) is 22.4 Å². The lowest BCUT2D eigenvalue weighted by Crippen LogP contribution is -2.18. The van der Waals surface area contributed by atoms with E-state index in [9.17, 15) is 4.79 Å². The third-order valence-corrected chi connectivity index (χ3v) is 2.13. The molecular formula is C10H16N4O2. The molecule has 1 aromatic heterocycles. The van der Waals surface area contributed by atoms with Crippen LogP contribution in [0.25, 0.3) is 0 Å². The molecule has 0 atom stereocenters. The number of esters is 1. The fraction of sp³-hybridized carbons (Fsp3) is 0.600. The smallest absolute Gasteiger partial charge is 0.325 e. The zero-order chi connectivity index (χ0) is 12.0. The van der Waals surface area contributed by atoms with Gasteiger partial charge < -0.3 is 10.1 Å². The van der Waals surface area contributed by atoms with Crippen LogP contribution in [-0.4, -0.2) is 34.8 Å². The number of carbonyl (C=O) groups is 1. The molecule has 0 amide bonds. The second-order valence-electron chi connectivity index (χ2n) is 3.17. The SMILES string of the molecule is CCc1nnc(NCC(=O)OC)nc1CC. The highest BCUT2D eigenvalue weighted by molar-refractivity contribution is 5.73. The van der Waals surface area contributed by atoms with E-state index in [1.807, 2.05) is 13.8 Å². The summed E-state index contributed by atoms with van der Waals surface area (Å²) in [6.45, 7) is 4.06. The number of aryl methyl sites for hydroxylation is 2. The lowest BCUT2D eigenvalue weighted by Gasteiger charge is -2.06. The van der Waals surface area contributed by atoms with Gasteiger partial charge in [0.2, 0.25) is 5.95 Å². The predicted molar refractivity (Wildman–Crippen MR) is 59.1 cm³/mol. The molecule has 16 heavy (non-hydrogen) atoms. The summed E-state index contributed by atoms with van der Waals surface area (Å²) >= 11 is 0. The van der Waals surface area contributed by atoms with Gasteiger partial charge in [-0.25, -0.2) is 4.98 Å². The Morgan fingerprint density at radius 3 is 2.50 bits per heavy atom. The lowest BCUT2D eigenvalue weighted by atomic mass is 10.2. The molecule has 0 aliphatic rings. The van der Waals surface area contributed by atoms with Crippen LogP contribution in [0.5, 0.6) is 0 Å². The van der Waals surface area contributed by atoms with Crippen molar-refractivity contribution in [3.05, 3.63) is 11.4 Å². The van der Waals surface area contributed by atoms with Gasteiger partial charge in [0.1, 0.15) is 6.54 Å². The summed E-state index contributed by atoms with van der Waals surface area (Å²) < 4.78 is 4.50. The van der Waals surface area contributed by atoms with Gasteiger partial charge in [-0.2, -0.15) is 5.10 Å². The molecule has 6 heteroatoms. The summed E-state index contributed by atoms with van der Waals surface area (Å²) in [4.78, 5) is 15.2. The zero-order valence-corrected chi connectivity index (χ0v) is 9.78. The molecular weight excluding hydrogens is 208 g/mol. The van der Waals surface area contributed by atoms with Crippen molar-refractivity contribution >= 4 is 11.9 Å². The van der Waals surface area contributed by atoms with Crippen molar-refractivity contribution in [2.24, 2.45) is 0 Å². The van der Waals surface area contributed by atoms with Gasteiger partial charge in [-0.3, -0.25) is 4.79 Å². The molecule has 0 spiro atoms. The van der Waals surface area contributed by atoms with E-state index in [2.05, 4.69) is 25.2 Å². The molecule has 0 radical (unpaired) electrons. The van der Waals surface area contributed by atoms with E-state index >= 15 is 0 Å². The van der Waals surface area contributed by atoms with E-state index in [1.165, 1.54) is 7.11 Å². The molecule has 0 fully saturated rings. The minimum absolute atomic E-state index is 0.0484. The Morgan fingerprint density at radius 2 is 1.94 bits per heavy atom. The average Bonchev–Trinajstić information content (AvgIpc) is 2.35. The summed E-state index contributed by atoms with van der Waals surface area (Å²) in [6, 6.07) is 0. The van der Waals surface area contributed by atoms with Gasteiger partial charge in [0.25, 0.3) is 0 Å². The summed E-state index contributed by atoms with van der Waals surface area (Å²) in [5.74, 6) is 0.000617. The van der Waals surface area contributed by atoms with Gasteiger partial charge in [0.05, 0.1) is 18.5 Å². The van der Waals surface area contributed by atoms with E-state index in [0.29, 0.717) is 5.95 Å². The molecule has 0 aromatic carbocycles. The maximum Gasteiger partial charge on any atom is 0.325 e. The summed E-state index contributed by atoms with van der Waals surface area (Å²) in [7, 11) is 1.33. The van der Waals surface area contributed by atoms with Gasteiger partial charge >= 0.3 is 5.97 Å². The zero-order valence-electron chi connectivity index (χ0n) is 9.78. The van der Waals surface area contributed by atoms with Crippen LogP contribution in [0.15, 0.2) is 0 Å². The minimum Gasteiger partial charge on any atom is -0.468 e. The van der Waals surface area contributed by atoms with Crippen molar-refractivity contribution in [1.82, 2.24) is 15.2 Å². The van der Waals surface area contributed by atoms with Gasteiger partial charge in [-0.1, -0.05) is 13.8 Å². The number of hydrogen-bond acceptors (Lipinski definition) is 6.